The molecule has 0 spiro atoms. The average Bonchev–Trinajstić information content (AvgIpc) is 3.90. The Kier molecular flexibility index (Phi) is 5.05. The molecule has 1 aliphatic carbocycles. The van der Waals surface area contributed by atoms with E-state index in [1.165, 1.54) is 0 Å². The molecule has 0 saturated carbocycles. The summed E-state index contributed by atoms with van der Waals surface area (Å²) >= 11 is 0. The highest BCUT2D eigenvalue weighted by molar-refractivity contribution is 6.18. The Morgan fingerprint density at radius 2 is 1.04 bits per heavy atom. The van der Waals surface area contributed by atoms with Gasteiger partial charge in [-0.05, 0) is 72.8 Å². The van der Waals surface area contributed by atoms with Gasteiger partial charge in [0, 0.05) is 60.4 Å². The molecule has 10 aromatic rings. The number of rotatable bonds is 4. The standard InChI is InChI=1S/C43H24N2O3/c1-2-9-25(10-3-1)43-44-41-31-14-8-13-30-35(20-19-32(40(30)31)42(41)48-43)45(26-17-21-38-33(23-26)28-11-4-6-15-36(28)46-38)27-18-22-39-34(24-27)29-12-5-7-16-37(29)47-39/h1-24H. The van der Waals surface area contributed by atoms with Crippen molar-refractivity contribution in [2.45, 2.75) is 0 Å². The second-order valence-electron chi connectivity index (χ2n) is 12.3. The van der Waals surface area contributed by atoms with Crippen LogP contribution in [0.1, 0.15) is 0 Å². The van der Waals surface area contributed by atoms with E-state index in [2.05, 4.69) is 95.9 Å². The summed E-state index contributed by atoms with van der Waals surface area (Å²) in [5.74, 6) is 1.45. The van der Waals surface area contributed by atoms with Gasteiger partial charge in [0.1, 0.15) is 28.0 Å². The number of furan rings is 2. The lowest BCUT2D eigenvalue weighted by atomic mass is 10.0. The molecule has 5 heteroatoms. The summed E-state index contributed by atoms with van der Waals surface area (Å²) < 4.78 is 18.9. The third-order valence-electron chi connectivity index (χ3n) is 9.64. The van der Waals surface area contributed by atoms with Crippen LogP contribution in [-0.4, -0.2) is 4.98 Å². The Balaban J connectivity index is 1.16. The molecule has 0 atom stereocenters. The number of oxazole rings is 1. The second-order valence-corrected chi connectivity index (χ2v) is 12.3. The van der Waals surface area contributed by atoms with Crippen molar-refractivity contribution in [2.24, 2.45) is 0 Å². The fourth-order valence-corrected chi connectivity index (χ4v) is 7.50. The summed E-state index contributed by atoms with van der Waals surface area (Å²) in [4.78, 5) is 7.35. The minimum absolute atomic E-state index is 0.634. The molecule has 0 radical (unpaired) electrons. The van der Waals surface area contributed by atoms with E-state index in [0.717, 1.165) is 99.9 Å². The fraction of sp³-hybridized carbons (Fsp3) is 0. The van der Waals surface area contributed by atoms with Gasteiger partial charge in [-0.3, -0.25) is 0 Å². The van der Waals surface area contributed by atoms with Crippen LogP contribution < -0.4 is 4.90 Å². The monoisotopic (exact) mass is 616 g/mol. The van der Waals surface area contributed by atoms with Gasteiger partial charge in [-0.15, -0.1) is 0 Å². The van der Waals surface area contributed by atoms with Crippen LogP contribution in [0.5, 0.6) is 0 Å². The lowest BCUT2D eigenvalue weighted by Crippen LogP contribution is -2.10. The Bertz CT molecular complexity index is 2770. The number of aromatic nitrogens is 1. The van der Waals surface area contributed by atoms with Gasteiger partial charge >= 0.3 is 0 Å². The zero-order valence-electron chi connectivity index (χ0n) is 25.5. The molecular weight excluding hydrogens is 592 g/mol. The van der Waals surface area contributed by atoms with Crippen LogP contribution in [0.4, 0.5) is 17.1 Å². The highest BCUT2D eigenvalue weighted by atomic mass is 16.4. The molecule has 11 rings (SSSR count). The summed E-state index contributed by atoms with van der Waals surface area (Å²) in [5.41, 5.74) is 10.6. The Morgan fingerprint density at radius 3 is 1.73 bits per heavy atom. The molecule has 0 bridgehead atoms. The smallest absolute Gasteiger partial charge is 0.227 e. The van der Waals surface area contributed by atoms with Crippen LogP contribution >= 0.6 is 0 Å². The molecule has 3 aromatic heterocycles. The van der Waals surface area contributed by atoms with E-state index in [9.17, 15) is 0 Å². The van der Waals surface area contributed by atoms with Crippen LogP contribution in [0.3, 0.4) is 0 Å². The van der Waals surface area contributed by atoms with E-state index in [-0.39, 0.29) is 0 Å². The molecule has 224 valence electrons. The van der Waals surface area contributed by atoms with Gasteiger partial charge in [-0.1, -0.05) is 72.8 Å². The first-order chi connectivity index (χ1) is 23.8. The minimum Gasteiger partial charge on any atom is -0.456 e. The number of para-hydroxylation sites is 2. The van der Waals surface area contributed by atoms with E-state index in [1.54, 1.807) is 0 Å². The molecule has 48 heavy (non-hydrogen) atoms. The van der Waals surface area contributed by atoms with Crippen LogP contribution in [0.15, 0.2) is 159 Å². The SMILES string of the molecule is c1ccc(-c2nc3c(o2)-c2ccc(N(c4ccc5oc6ccccc6c5c4)c4ccc5oc6ccccc6c5c4)c4cccc-3c24)cc1. The van der Waals surface area contributed by atoms with Crippen molar-refractivity contribution in [3.8, 4) is 34.0 Å². The molecule has 3 heterocycles. The van der Waals surface area contributed by atoms with Crippen molar-refractivity contribution in [2.75, 3.05) is 4.90 Å². The maximum atomic E-state index is 6.47. The van der Waals surface area contributed by atoms with Crippen LogP contribution in [0.25, 0.3) is 88.7 Å². The highest BCUT2D eigenvalue weighted by Crippen LogP contribution is 2.52. The van der Waals surface area contributed by atoms with Crippen LogP contribution in [0, 0.1) is 0 Å². The largest absolute Gasteiger partial charge is 0.456 e. The third-order valence-corrected chi connectivity index (χ3v) is 9.64. The zero-order valence-corrected chi connectivity index (χ0v) is 25.5. The summed E-state index contributed by atoms with van der Waals surface area (Å²) in [6.07, 6.45) is 0. The summed E-state index contributed by atoms with van der Waals surface area (Å²) in [7, 11) is 0. The Labute approximate surface area is 273 Å². The summed E-state index contributed by atoms with van der Waals surface area (Å²) in [6.45, 7) is 0. The van der Waals surface area contributed by atoms with Crippen molar-refractivity contribution in [1.29, 1.82) is 0 Å². The third kappa shape index (κ3) is 3.53. The fourth-order valence-electron chi connectivity index (χ4n) is 7.50. The molecule has 0 saturated heterocycles. The topological polar surface area (TPSA) is 55.6 Å². The number of benzene rings is 7. The first-order valence-electron chi connectivity index (χ1n) is 16.0. The van der Waals surface area contributed by atoms with Crippen molar-refractivity contribution in [3.63, 3.8) is 0 Å². The quantitative estimate of drug-likeness (QED) is 0.197. The van der Waals surface area contributed by atoms with Gasteiger partial charge in [0.2, 0.25) is 5.89 Å². The predicted molar refractivity (Wildman–Crippen MR) is 193 cm³/mol. The van der Waals surface area contributed by atoms with Crippen molar-refractivity contribution in [1.82, 2.24) is 4.98 Å². The Hall–Kier alpha value is -6.59. The molecule has 0 amide bonds. The maximum absolute atomic E-state index is 6.47. The Morgan fingerprint density at radius 1 is 0.438 bits per heavy atom. The number of nitrogens with zero attached hydrogens (tertiary/aromatic N) is 2. The van der Waals surface area contributed by atoms with Crippen molar-refractivity contribution in [3.05, 3.63) is 146 Å². The molecule has 5 nitrogen and oxygen atoms in total. The van der Waals surface area contributed by atoms with E-state index >= 15 is 0 Å². The lowest BCUT2D eigenvalue weighted by Gasteiger charge is -2.27. The molecule has 0 N–H and O–H groups in total. The van der Waals surface area contributed by atoms with E-state index in [4.69, 9.17) is 18.2 Å². The lowest BCUT2D eigenvalue weighted by molar-refractivity contribution is 0.590. The second kappa shape index (κ2) is 9.47. The van der Waals surface area contributed by atoms with Crippen molar-refractivity contribution >= 4 is 71.7 Å². The highest BCUT2D eigenvalue weighted by Gasteiger charge is 2.30. The number of hydrogen-bond acceptors (Lipinski definition) is 5. The number of anilines is 3. The minimum atomic E-state index is 0.634. The maximum Gasteiger partial charge on any atom is 0.227 e. The first-order valence-corrected chi connectivity index (χ1v) is 16.0. The molecule has 0 unspecified atom stereocenters. The summed E-state index contributed by atoms with van der Waals surface area (Å²) in [5, 5.41) is 6.60. The van der Waals surface area contributed by atoms with Gasteiger partial charge in [0.05, 0.1) is 5.69 Å². The predicted octanol–water partition coefficient (Wildman–Crippen LogP) is 12.4. The van der Waals surface area contributed by atoms with Gasteiger partial charge in [0.15, 0.2) is 5.76 Å². The van der Waals surface area contributed by atoms with E-state index in [0.29, 0.717) is 5.89 Å². The van der Waals surface area contributed by atoms with E-state index in [1.807, 2.05) is 54.6 Å². The van der Waals surface area contributed by atoms with Gasteiger partial charge in [0.25, 0.3) is 0 Å². The average molecular weight is 617 g/mol. The molecule has 1 aliphatic rings. The van der Waals surface area contributed by atoms with E-state index < -0.39 is 0 Å². The van der Waals surface area contributed by atoms with Crippen LogP contribution in [0.2, 0.25) is 0 Å². The molecule has 0 aliphatic heterocycles. The van der Waals surface area contributed by atoms with Gasteiger partial charge in [-0.2, -0.15) is 0 Å². The summed E-state index contributed by atoms with van der Waals surface area (Å²) in [6, 6.07) is 50.3. The van der Waals surface area contributed by atoms with Crippen LogP contribution in [-0.2, 0) is 0 Å². The number of hydrogen-bond donors (Lipinski definition) is 0. The number of fused-ring (bicyclic) bond motifs is 9. The zero-order chi connectivity index (χ0) is 31.3. The normalized spacial score (nSPS) is 12.2. The molecule has 7 aromatic carbocycles. The first kappa shape index (κ1) is 25.6. The van der Waals surface area contributed by atoms with Crippen molar-refractivity contribution < 1.29 is 13.3 Å². The van der Waals surface area contributed by atoms with Gasteiger partial charge in [-0.25, -0.2) is 4.98 Å². The molecular formula is C43H24N2O3. The molecule has 0 fully saturated rings. The van der Waals surface area contributed by atoms with Gasteiger partial charge < -0.3 is 18.2 Å².